The van der Waals surface area contributed by atoms with E-state index >= 15 is 0 Å². The Morgan fingerprint density at radius 3 is 2.41 bits per heavy atom. The Morgan fingerprint density at radius 1 is 1.24 bits per heavy atom. The molecule has 2 nitrogen and oxygen atoms in total. The molecule has 0 aliphatic heterocycles. The number of alkyl halides is 3. The van der Waals surface area contributed by atoms with Crippen molar-refractivity contribution >= 4 is 0 Å². The van der Waals surface area contributed by atoms with Gasteiger partial charge in [0.25, 0.3) is 0 Å². The molecule has 0 fully saturated rings. The Balaban J connectivity index is 2.37. The van der Waals surface area contributed by atoms with Crippen molar-refractivity contribution in [3.8, 4) is 5.75 Å². The van der Waals surface area contributed by atoms with Crippen molar-refractivity contribution in [3.63, 3.8) is 0 Å². The molecule has 5 heteroatoms. The highest BCUT2D eigenvalue weighted by Crippen LogP contribution is 2.14. The molecule has 0 saturated heterocycles. The summed E-state index contributed by atoms with van der Waals surface area (Å²) in [5.74, 6) is 0.671. The van der Waals surface area contributed by atoms with Crippen LogP contribution in [0.5, 0.6) is 5.75 Å². The molecule has 0 radical (unpaired) electrons. The van der Waals surface area contributed by atoms with E-state index in [-0.39, 0.29) is 6.54 Å². The first kappa shape index (κ1) is 13.6. The van der Waals surface area contributed by atoms with Gasteiger partial charge in [-0.1, -0.05) is 24.8 Å². The summed E-state index contributed by atoms with van der Waals surface area (Å²) in [6, 6.07) is 6.88. The van der Waals surface area contributed by atoms with Crippen LogP contribution in [0.2, 0.25) is 0 Å². The van der Waals surface area contributed by atoms with Gasteiger partial charge < -0.3 is 10.1 Å². The standard InChI is InChI=1S/C12H14F3NO/c1-2-7-17-11-5-3-10(4-6-11)8-16-9-12(13,14)15/h2-6,16H,1,7-9H2. The molecule has 0 bridgehead atoms. The van der Waals surface area contributed by atoms with Crippen LogP contribution in [-0.4, -0.2) is 19.3 Å². The zero-order valence-electron chi connectivity index (χ0n) is 9.26. The highest BCUT2D eigenvalue weighted by Gasteiger charge is 2.25. The zero-order chi connectivity index (χ0) is 12.7. The molecule has 17 heavy (non-hydrogen) atoms. The predicted molar refractivity (Wildman–Crippen MR) is 59.9 cm³/mol. The third-order valence-electron chi connectivity index (χ3n) is 1.95. The zero-order valence-corrected chi connectivity index (χ0v) is 9.26. The average molecular weight is 245 g/mol. The van der Waals surface area contributed by atoms with Crippen LogP contribution in [-0.2, 0) is 6.54 Å². The fourth-order valence-corrected chi connectivity index (χ4v) is 1.21. The topological polar surface area (TPSA) is 21.3 Å². The van der Waals surface area contributed by atoms with Gasteiger partial charge in [0, 0.05) is 6.54 Å². The van der Waals surface area contributed by atoms with Gasteiger partial charge in [0.15, 0.2) is 0 Å². The molecule has 1 aromatic rings. The van der Waals surface area contributed by atoms with E-state index in [1.807, 2.05) is 0 Å². The Morgan fingerprint density at radius 2 is 1.88 bits per heavy atom. The third-order valence-corrected chi connectivity index (χ3v) is 1.95. The first-order valence-electron chi connectivity index (χ1n) is 5.11. The molecule has 0 aliphatic carbocycles. The van der Waals surface area contributed by atoms with Gasteiger partial charge in [-0.2, -0.15) is 13.2 Å². The van der Waals surface area contributed by atoms with Crippen molar-refractivity contribution in [2.24, 2.45) is 0 Å². The van der Waals surface area contributed by atoms with Crippen LogP contribution >= 0.6 is 0 Å². The lowest BCUT2D eigenvalue weighted by Gasteiger charge is -2.09. The molecule has 0 spiro atoms. The van der Waals surface area contributed by atoms with E-state index in [0.29, 0.717) is 12.4 Å². The molecule has 0 saturated carbocycles. The van der Waals surface area contributed by atoms with Crippen molar-refractivity contribution in [1.82, 2.24) is 5.32 Å². The normalized spacial score (nSPS) is 11.2. The van der Waals surface area contributed by atoms with Gasteiger partial charge >= 0.3 is 6.18 Å². The maximum absolute atomic E-state index is 11.9. The molecule has 1 aromatic carbocycles. The van der Waals surface area contributed by atoms with Crippen LogP contribution in [0.3, 0.4) is 0 Å². The second-order valence-electron chi connectivity index (χ2n) is 3.46. The second-order valence-corrected chi connectivity index (χ2v) is 3.46. The molecule has 0 unspecified atom stereocenters. The Kier molecular flexibility index (Phi) is 5.03. The highest BCUT2D eigenvalue weighted by atomic mass is 19.4. The van der Waals surface area contributed by atoms with Crippen molar-refractivity contribution < 1.29 is 17.9 Å². The molecule has 94 valence electrons. The lowest BCUT2D eigenvalue weighted by atomic mass is 10.2. The van der Waals surface area contributed by atoms with Crippen LogP contribution < -0.4 is 10.1 Å². The van der Waals surface area contributed by atoms with Gasteiger partial charge in [-0.15, -0.1) is 0 Å². The van der Waals surface area contributed by atoms with E-state index in [0.717, 1.165) is 5.56 Å². The first-order chi connectivity index (χ1) is 8.01. The SMILES string of the molecule is C=CCOc1ccc(CNCC(F)(F)F)cc1. The summed E-state index contributed by atoms with van der Waals surface area (Å²) in [6.07, 6.45) is -2.55. The maximum Gasteiger partial charge on any atom is 0.401 e. The summed E-state index contributed by atoms with van der Waals surface area (Å²) in [5.41, 5.74) is 0.778. The van der Waals surface area contributed by atoms with Crippen molar-refractivity contribution in [2.45, 2.75) is 12.7 Å². The molecule has 0 aliphatic rings. The summed E-state index contributed by atoms with van der Waals surface area (Å²) in [5, 5.41) is 2.32. The quantitative estimate of drug-likeness (QED) is 0.778. The van der Waals surface area contributed by atoms with Gasteiger partial charge in [-0.25, -0.2) is 0 Å². The molecule has 0 aromatic heterocycles. The van der Waals surface area contributed by atoms with E-state index in [1.165, 1.54) is 0 Å². The number of halogens is 3. The fourth-order valence-electron chi connectivity index (χ4n) is 1.21. The number of hydrogen-bond acceptors (Lipinski definition) is 2. The molecule has 0 atom stereocenters. The molecule has 0 amide bonds. The Hall–Kier alpha value is -1.49. The van der Waals surface area contributed by atoms with Crippen LogP contribution in [0.15, 0.2) is 36.9 Å². The third kappa shape index (κ3) is 5.97. The van der Waals surface area contributed by atoms with E-state index < -0.39 is 12.7 Å². The van der Waals surface area contributed by atoms with Crippen molar-refractivity contribution in [3.05, 3.63) is 42.5 Å². The number of benzene rings is 1. The summed E-state index contributed by atoms with van der Waals surface area (Å²) in [7, 11) is 0. The van der Waals surface area contributed by atoms with Crippen LogP contribution in [0, 0.1) is 0 Å². The van der Waals surface area contributed by atoms with Crippen molar-refractivity contribution in [2.75, 3.05) is 13.2 Å². The van der Waals surface area contributed by atoms with E-state index in [4.69, 9.17) is 4.74 Å². The minimum Gasteiger partial charge on any atom is -0.490 e. The van der Waals surface area contributed by atoms with Crippen molar-refractivity contribution in [1.29, 1.82) is 0 Å². The summed E-state index contributed by atoms with van der Waals surface area (Å²) >= 11 is 0. The smallest absolute Gasteiger partial charge is 0.401 e. The maximum atomic E-state index is 11.9. The number of nitrogens with one attached hydrogen (secondary N) is 1. The van der Waals surface area contributed by atoms with Gasteiger partial charge in [-0.05, 0) is 17.7 Å². The summed E-state index contributed by atoms with van der Waals surface area (Å²) < 4.78 is 40.9. The van der Waals surface area contributed by atoms with Crippen LogP contribution in [0.1, 0.15) is 5.56 Å². The van der Waals surface area contributed by atoms with Gasteiger partial charge in [0.05, 0.1) is 6.54 Å². The monoisotopic (exact) mass is 245 g/mol. The number of hydrogen-bond donors (Lipinski definition) is 1. The van der Waals surface area contributed by atoms with E-state index in [1.54, 1.807) is 30.3 Å². The lowest BCUT2D eigenvalue weighted by molar-refractivity contribution is -0.125. The highest BCUT2D eigenvalue weighted by molar-refractivity contribution is 5.27. The van der Waals surface area contributed by atoms with Gasteiger partial charge in [0.1, 0.15) is 12.4 Å². The van der Waals surface area contributed by atoms with Crippen LogP contribution in [0.4, 0.5) is 13.2 Å². The Bertz CT molecular complexity index is 346. The predicted octanol–water partition coefficient (Wildman–Crippen LogP) is 2.90. The molecule has 1 N–H and O–H groups in total. The fraction of sp³-hybridized carbons (Fsp3) is 0.333. The second kappa shape index (κ2) is 6.30. The average Bonchev–Trinajstić information content (AvgIpc) is 2.26. The largest absolute Gasteiger partial charge is 0.490 e. The number of ether oxygens (including phenoxy) is 1. The van der Waals surface area contributed by atoms with E-state index in [2.05, 4.69) is 11.9 Å². The number of rotatable bonds is 6. The van der Waals surface area contributed by atoms with Gasteiger partial charge in [0.2, 0.25) is 0 Å². The minimum atomic E-state index is -4.17. The Labute approximate surface area is 98.1 Å². The summed E-state index contributed by atoms with van der Waals surface area (Å²) in [4.78, 5) is 0. The first-order valence-corrected chi connectivity index (χ1v) is 5.11. The van der Waals surface area contributed by atoms with Crippen LogP contribution in [0.25, 0.3) is 0 Å². The van der Waals surface area contributed by atoms with Gasteiger partial charge in [-0.3, -0.25) is 0 Å². The lowest BCUT2D eigenvalue weighted by Crippen LogP contribution is -2.28. The molecule has 1 rings (SSSR count). The molecular weight excluding hydrogens is 231 g/mol. The molecular formula is C12H14F3NO. The summed E-state index contributed by atoms with van der Waals surface area (Å²) in [6.45, 7) is 3.12. The molecule has 0 heterocycles. The minimum absolute atomic E-state index is 0.182. The van der Waals surface area contributed by atoms with E-state index in [9.17, 15) is 13.2 Å².